The molecule has 0 aliphatic carbocycles. The van der Waals surface area contributed by atoms with Crippen molar-refractivity contribution in [1.29, 1.82) is 0 Å². The Hall–Kier alpha value is -2.18. The number of allylic oxidation sites excluding steroid dienone is 8. The lowest BCUT2D eigenvalue weighted by atomic mass is 10.0. The molecule has 1 amide bonds. The van der Waals surface area contributed by atoms with Crippen LogP contribution in [0.2, 0.25) is 0 Å². The van der Waals surface area contributed by atoms with Crippen molar-refractivity contribution >= 4 is 11.9 Å². The van der Waals surface area contributed by atoms with E-state index in [0.717, 1.165) is 83.5 Å². The van der Waals surface area contributed by atoms with Gasteiger partial charge in [-0.05, 0) is 77.0 Å². The topological polar surface area (TPSA) is 95.9 Å². The van der Waals surface area contributed by atoms with Gasteiger partial charge in [-0.2, -0.15) is 0 Å². The molecule has 0 aromatic heterocycles. The Morgan fingerprint density at radius 2 is 0.825 bits per heavy atom. The molecule has 0 radical (unpaired) electrons. The van der Waals surface area contributed by atoms with E-state index in [9.17, 15) is 19.8 Å². The number of nitrogens with one attached hydrogen (secondary N) is 1. The predicted octanol–water partition coefficient (Wildman–Crippen LogP) is 16.6. The number of carbonyl (C=O) groups is 2. The lowest BCUT2D eigenvalue weighted by molar-refractivity contribution is -0.151. The van der Waals surface area contributed by atoms with Crippen molar-refractivity contribution in [3.8, 4) is 0 Å². The van der Waals surface area contributed by atoms with Crippen LogP contribution < -0.4 is 5.32 Å². The summed E-state index contributed by atoms with van der Waals surface area (Å²) in [6.07, 6.45) is 61.6. The molecular weight excluding hydrogens is 779 g/mol. The van der Waals surface area contributed by atoms with E-state index in [4.69, 9.17) is 4.74 Å². The van der Waals surface area contributed by atoms with E-state index >= 15 is 0 Å². The van der Waals surface area contributed by atoms with Crippen molar-refractivity contribution < 1.29 is 24.5 Å². The van der Waals surface area contributed by atoms with Crippen molar-refractivity contribution in [2.24, 2.45) is 0 Å². The number of carbonyl (C=O) groups excluding carboxylic acids is 2. The van der Waals surface area contributed by atoms with Crippen LogP contribution in [-0.4, -0.2) is 46.9 Å². The number of aliphatic hydroxyl groups is 2. The van der Waals surface area contributed by atoms with Crippen LogP contribution in [0.1, 0.15) is 278 Å². The highest BCUT2D eigenvalue weighted by Gasteiger charge is 2.24. The zero-order chi connectivity index (χ0) is 45.9. The molecule has 3 unspecified atom stereocenters. The monoisotopic (exact) mass is 884 g/mol. The third kappa shape index (κ3) is 46.2. The SMILES string of the molecule is CCCCCC/C=C\CCCCCCCC(CC(=O)NC(CO)C(O)CCCCCCCCCCCCCCC)OC(=O)CCCCCCC/C=C/C=C/C=C/CCCCCCC. The van der Waals surface area contributed by atoms with E-state index in [2.05, 4.69) is 74.7 Å². The quantitative estimate of drug-likeness (QED) is 0.0245. The van der Waals surface area contributed by atoms with Gasteiger partial charge in [0.05, 0.1) is 25.2 Å². The smallest absolute Gasteiger partial charge is 0.306 e. The number of unbranched alkanes of at least 4 members (excludes halogenated alkanes) is 31. The lowest BCUT2D eigenvalue weighted by Crippen LogP contribution is -2.46. The molecule has 0 aliphatic heterocycles. The molecule has 3 N–H and O–H groups in total. The minimum Gasteiger partial charge on any atom is -0.462 e. The van der Waals surface area contributed by atoms with Gasteiger partial charge in [-0.15, -0.1) is 0 Å². The largest absolute Gasteiger partial charge is 0.462 e. The standard InChI is InChI=1S/C57H105NO5/c1-4-7-10-13-16-19-22-25-26-27-28-29-32-35-38-41-44-47-50-57(62)63-53(48-45-42-39-36-33-30-23-20-17-14-11-8-5-2)51-56(61)58-54(52-59)55(60)49-46-43-40-37-34-31-24-21-18-15-12-9-6-3/h20,22-23,25-29,53-55,59-60H,4-19,21,24,30-52H2,1-3H3,(H,58,61)/b23-20-,25-22+,27-26+,29-28+. The van der Waals surface area contributed by atoms with Crippen LogP contribution in [0.3, 0.4) is 0 Å². The molecule has 0 fully saturated rings. The molecule has 0 aromatic rings. The number of hydrogen-bond acceptors (Lipinski definition) is 5. The molecule has 3 atom stereocenters. The summed E-state index contributed by atoms with van der Waals surface area (Å²) in [5.74, 6) is -0.498. The van der Waals surface area contributed by atoms with Gasteiger partial charge in [-0.1, -0.05) is 236 Å². The number of hydrogen-bond donors (Lipinski definition) is 3. The number of aliphatic hydroxyl groups excluding tert-OH is 2. The fourth-order valence-electron chi connectivity index (χ4n) is 8.25. The average Bonchev–Trinajstić information content (AvgIpc) is 3.28. The first-order valence-electron chi connectivity index (χ1n) is 27.4. The molecule has 6 heteroatoms. The zero-order valence-electron chi connectivity index (χ0n) is 42.0. The van der Waals surface area contributed by atoms with Crippen LogP contribution in [0.25, 0.3) is 0 Å². The first kappa shape index (κ1) is 60.8. The summed E-state index contributed by atoms with van der Waals surface area (Å²) in [4.78, 5) is 26.2. The third-order valence-corrected chi connectivity index (χ3v) is 12.4. The molecule has 0 aromatic carbocycles. The first-order valence-corrected chi connectivity index (χ1v) is 27.4. The van der Waals surface area contributed by atoms with Crippen LogP contribution >= 0.6 is 0 Å². The summed E-state index contributed by atoms with van der Waals surface area (Å²) in [7, 11) is 0. The molecule has 6 nitrogen and oxygen atoms in total. The minimum absolute atomic E-state index is 0.0644. The van der Waals surface area contributed by atoms with Gasteiger partial charge < -0.3 is 20.3 Å². The van der Waals surface area contributed by atoms with E-state index in [1.165, 1.54) is 148 Å². The Balaban J connectivity index is 4.59. The van der Waals surface area contributed by atoms with Crippen molar-refractivity contribution in [2.45, 2.75) is 296 Å². The minimum atomic E-state index is -0.793. The van der Waals surface area contributed by atoms with Crippen LogP contribution in [-0.2, 0) is 14.3 Å². The molecule has 0 saturated carbocycles. The summed E-state index contributed by atoms with van der Waals surface area (Å²) in [6.45, 7) is 6.46. The number of amides is 1. The van der Waals surface area contributed by atoms with E-state index < -0.39 is 18.2 Å². The molecule has 0 heterocycles. The van der Waals surface area contributed by atoms with Gasteiger partial charge in [0.25, 0.3) is 0 Å². The van der Waals surface area contributed by atoms with Gasteiger partial charge in [-0.3, -0.25) is 9.59 Å². The summed E-state index contributed by atoms with van der Waals surface area (Å²) in [6, 6.07) is -0.708. The van der Waals surface area contributed by atoms with E-state index in [0.29, 0.717) is 19.3 Å². The van der Waals surface area contributed by atoms with E-state index in [1.54, 1.807) is 0 Å². The Kier molecular flexibility index (Phi) is 49.1. The van der Waals surface area contributed by atoms with Gasteiger partial charge >= 0.3 is 5.97 Å². The summed E-state index contributed by atoms with van der Waals surface area (Å²) >= 11 is 0. The maximum absolute atomic E-state index is 13.2. The number of esters is 1. The fraction of sp³-hybridized carbons (Fsp3) is 0.825. The predicted molar refractivity (Wildman–Crippen MR) is 273 cm³/mol. The van der Waals surface area contributed by atoms with Gasteiger partial charge in [0.15, 0.2) is 0 Å². The summed E-state index contributed by atoms with van der Waals surface area (Å²) in [5.41, 5.74) is 0. The van der Waals surface area contributed by atoms with Crippen LogP contribution in [0.5, 0.6) is 0 Å². The normalized spacial score (nSPS) is 13.5. The second kappa shape index (κ2) is 50.8. The van der Waals surface area contributed by atoms with Crippen molar-refractivity contribution in [1.82, 2.24) is 5.32 Å². The highest BCUT2D eigenvalue weighted by atomic mass is 16.5. The highest BCUT2D eigenvalue weighted by molar-refractivity contribution is 5.77. The average molecular weight is 884 g/mol. The molecule has 368 valence electrons. The van der Waals surface area contributed by atoms with Crippen LogP contribution in [0, 0.1) is 0 Å². The summed E-state index contributed by atoms with van der Waals surface area (Å²) < 4.78 is 5.94. The van der Waals surface area contributed by atoms with E-state index in [1.807, 2.05) is 0 Å². The van der Waals surface area contributed by atoms with Crippen LogP contribution in [0.15, 0.2) is 48.6 Å². The van der Waals surface area contributed by atoms with Gasteiger partial charge in [0.2, 0.25) is 5.91 Å². The molecule has 0 rings (SSSR count). The fourth-order valence-corrected chi connectivity index (χ4v) is 8.25. The van der Waals surface area contributed by atoms with E-state index in [-0.39, 0.29) is 24.9 Å². The van der Waals surface area contributed by atoms with Crippen LogP contribution in [0.4, 0.5) is 0 Å². The molecule has 0 bridgehead atoms. The van der Waals surface area contributed by atoms with Gasteiger partial charge in [0.1, 0.15) is 6.10 Å². The Morgan fingerprint density at radius 1 is 0.460 bits per heavy atom. The van der Waals surface area contributed by atoms with Gasteiger partial charge in [0, 0.05) is 6.42 Å². The first-order chi connectivity index (χ1) is 31.0. The maximum Gasteiger partial charge on any atom is 0.306 e. The maximum atomic E-state index is 13.2. The molecule has 0 aliphatic rings. The second-order valence-electron chi connectivity index (χ2n) is 18.7. The zero-order valence-corrected chi connectivity index (χ0v) is 42.0. The lowest BCUT2D eigenvalue weighted by Gasteiger charge is -2.24. The molecule has 0 spiro atoms. The number of rotatable bonds is 49. The molecule has 0 saturated heterocycles. The number of ether oxygens (including phenoxy) is 1. The molecular formula is C57H105NO5. The summed E-state index contributed by atoms with van der Waals surface area (Å²) in [5, 5.41) is 23.8. The Labute approximate surface area is 391 Å². The Bertz CT molecular complexity index is 1080. The second-order valence-corrected chi connectivity index (χ2v) is 18.7. The Morgan fingerprint density at radius 3 is 1.27 bits per heavy atom. The molecule has 63 heavy (non-hydrogen) atoms. The third-order valence-electron chi connectivity index (χ3n) is 12.4. The van der Waals surface area contributed by atoms with Crippen molar-refractivity contribution in [3.05, 3.63) is 48.6 Å². The van der Waals surface area contributed by atoms with Crippen molar-refractivity contribution in [2.75, 3.05) is 6.61 Å². The van der Waals surface area contributed by atoms with Gasteiger partial charge in [-0.25, -0.2) is 0 Å². The van der Waals surface area contributed by atoms with Crippen molar-refractivity contribution in [3.63, 3.8) is 0 Å². The highest BCUT2D eigenvalue weighted by Crippen LogP contribution is 2.18.